The zero-order chi connectivity index (χ0) is 8.20. The third-order valence-corrected chi connectivity index (χ3v) is 1.25. The van der Waals surface area contributed by atoms with Crippen molar-refractivity contribution < 1.29 is 22.8 Å². The predicted octanol–water partition coefficient (Wildman–Crippen LogP) is -1.68. The van der Waals surface area contributed by atoms with Crippen LogP contribution in [0.2, 0.25) is 0 Å². The maximum absolute atomic E-state index is 10.2. The van der Waals surface area contributed by atoms with Gasteiger partial charge >= 0.3 is 0 Å². The largest absolute Gasteiger partial charge is 0.394 e. The van der Waals surface area contributed by atoms with Gasteiger partial charge in [0.15, 0.2) is 0 Å². The third-order valence-electron chi connectivity index (χ3n) is 0.685. The first-order valence-corrected chi connectivity index (χ1v) is 4.40. The summed E-state index contributed by atoms with van der Waals surface area (Å²) >= 11 is 0. The lowest BCUT2D eigenvalue weighted by Gasteiger charge is -2.04. The minimum absolute atomic E-state index is 0.394. The molecule has 0 radical (unpaired) electrons. The molecule has 0 bridgehead atoms. The molecule has 0 aliphatic rings. The van der Waals surface area contributed by atoms with Crippen molar-refractivity contribution in [2.24, 2.45) is 0 Å². The highest BCUT2D eigenvalue weighted by atomic mass is 32.2. The Balaban J connectivity index is 3.56. The average Bonchev–Trinajstić information content (AvgIpc) is 1.81. The van der Waals surface area contributed by atoms with Gasteiger partial charge in [0.1, 0.15) is 6.10 Å². The molecule has 5 nitrogen and oxygen atoms in total. The molecule has 0 aromatic rings. The van der Waals surface area contributed by atoms with Crippen LogP contribution in [0, 0.1) is 0 Å². The summed E-state index contributed by atoms with van der Waals surface area (Å²) in [5, 5.41) is 16.8. The Kier molecular flexibility index (Phi) is 3.80. The summed E-state index contributed by atoms with van der Waals surface area (Å²) in [4.78, 5) is 0. The van der Waals surface area contributed by atoms with E-state index in [2.05, 4.69) is 4.18 Å². The quantitative estimate of drug-likeness (QED) is 0.492. The van der Waals surface area contributed by atoms with Crippen molar-refractivity contribution in [3.05, 3.63) is 0 Å². The molecule has 0 aliphatic carbocycles. The predicted molar refractivity (Wildman–Crippen MR) is 33.9 cm³/mol. The molecule has 1 unspecified atom stereocenters. The van der Waals surface area contributed by atoms with Crippen LogP contribution >= 0.6 is 0 Å². The van der Waals surface area contributed by atoms with Crippen molar-refractivity contribution in [1.29, 1.82) is 0 Å². The summed E-state index contributed by atoms with van der Waals surface area (Å²) in [5.41, 5.74) is 0. The van der Waals surface area contributed by atoms with Crippen LogP contribution in [0.25, 0.3) is 0 Å². The van der Waals surface area contributed by atoms with E-state index in [1.807, 2.05) is 0 Å². The maximum Gasteiger partial charge on any atom is 0.264 e. The Labute approximate surface area is 59.4 Å². The molecular formula is C4H10O5S. The number of hydrogen-bond donors (Lipinski definition) is 2. The van der Waals surface area contributed by atoms with Crippen molar-refractivity contribution in [3.8, 4) is 0 Å². The van der Waals surface area contributed by atoms with Crippen LogP contribution < -0.4 is 0 Å². The fourth-order valence-corrected chi connectivity index (χ4v) is 0.659. The molecule has 0 aliphatic heterocycles. The molecule has 62 valence electrons. The van der Waals surface area contributed by atoms with Gasteiger partial charge in [0.05, 0.1) is 19.5 Å². The van der Waals surface area contributed by atoms with E-state index in [-0.39, 0.29) is 0 Å². The van der Waals surface area contributed by atoms with E-state index in [4.69, 9.17) is 10.2 Å². The molecule has 0 saturated carbocycles. The van der Waals surface area contributed by atoms with E-state index < -0.39 is 29.4 Å². The molecule has 2 N–H and O–H groups in total. The Morgan fingerprint density at radius 1 is 1.60 bits per heavy atom. The van der Waals surface area contributed by atoms with E-state index in [1.54, 1.807) is 0 Å². The normalized spacial score (nSPS) is 15.1. The Bertz CT molecular complexity index is 172. The molecule has 10 heavy (non-hydrogen) atoms. The molecule has 0 saturated heterocycles. The second-order valence-electron chi connectivity index (χ2n) is 1.83. The Hall–Kier alpha value is -0.170. The van der Waals surface area contributed by atoms with Crippen LogP contribution in [0.15, 0.2) is 0 Å². The van der Waals surface area contributed by atoms with Gasteiger partial charge in [-0.3, -0.25) is 4.18 Å². The van der Waals surface area contributed by atoms with Crippen LogP contribution in [0.4, 0.5) is 0 Å². The van der Waals surface area contributed by atoms with Gasteiger partial charge in [-0.25, -0.2) is 0 Å². The number of aliphatic hydroxyl groups excluding tert-OH is 2. The SMILES string of the molecule is CS(=O)(=O)OCC(O)CO. The van der Waals surface area contributed by atoms with Crippen LogP contribution in [0.1, 0.15) is 0 Å². The maximum atomic E-state index is 10.2. The standard InChI is InChI=1S/C4H10O5S/c1-10(7,8)9-3-4(6)2-5/h4-6H,2-3H2,1H3. The molecule has 0 amide bonds. The number of aliphatic hydroxyl groups is 2. The summed E-state index contributed by atoms with van der Waals surface area (Å²) < 4.78 is 24.6. The lowest BCUT2D eigenvalue weighted by molar-refractivity contribution is 0.0560. The summed E-state index contributed by atoms with van der Waals surface area (Å²) in [6.07, 6.45) is -0.258. The van der Waals surface area contributed by atoms with Gasteiger partial charge in [-0.2, -0.15) is 8.42 Å². The van der Waals surface area contributed by atoms with Crippen molar-refractivity contribution >= 4 is 10.1 Å². The van der Waals surface area contributed by atoms with E-state index in [0.29, 0.717) is 0 Å². The number of hydrogen-bond acceptors (Lipinski definition) is 5. The zero-order valence-electron chi connectivity index (χ0n) is 5.52. The highest BCUT2D eigenvalue weighted by Crippen LogP contribution is 1.89. The van der Waals surface area contributed by atoms with Gasteiger partial charge < -0.3 is 10.2 Å². The van der Waals surface area contributed by atoms with Gasteiger partial charge in [0.2, 0.25) is 0 Å². The molecule has 0 spiro atoms. The van der Waals surface area contributed by atoms with Crippen molar-refractivity contribution in [2.75, 3.05) is 19.5 Å². The zero-order valence-corrected chi connectivity index (χ0v) is 6.34. The minimum Gasteiger partial charge on any atom is -0.394 e. The van der Waals surface area contributed by atoms with Crippen LogP contribution in [-0.2, 0) is 14.3 Å². The highest BCUT2D eigenvalue weighted by Gasteiger charge is 2.06. The average molecular weight is 170 g/mol. The van der Waals surface area contributed by atoms with E-state index in [1.165, 1.54) is 0 Å². The molecule has 1 atom stereocenters. The molecule has 0 fully saturated rings. The second kappa shape index (κ2) is 3.87. The van der Waals surface area contributed by atoms with E-state index in [0.717, 1.165) is 6.26 Å². The summed E-state index contributed by atoms with van der Waals surface area (Å²) in [6, 6.07) is 0. The Morgan fingerprint density at radius 3 is 2.40 bits per heavy atom. The molecule has 6 heteroatoms. The fraction of sp³-hybridized carbons (Fsp3) is 1.00. The summed E-state index contributed by atoms with van der Waals surface area (Å²) in [7, 11) is -3.50. The molecular weight excluding hydrogens is 160 g/mol. The molecule has 0 rings (SSSR count). The topological polar surface area (TPSA) is 83.8 Å². The third kappa shape index (κ3) is 5.96. The smallest absolute Gasteiger partial charge is 0.264 e. The van der Waals surface area contributed by atoms with Gasteiger partial charge in [-0.15, -0.1) is 0 Å². The fourth-order valence-electron chi connectivity index (χ4n) is 0.255. The highest BCUT2D eigenvalue weighted by molar-refractivity contribution is 7.85. The first kappa shape index (κ1) is 9.83. The number of rotatable bonds is 4. The first-order chi connectivity index (χ1) is 4.45. The lowest BCUT2D eigenvalue weighted by atomic mass is 10.4. The first-order valence-electron chi connectivity index (χ1n) is 2.59. The van der Waals surface area contributed by atoms with E-state index in [9.17, 15) is 8.42 Å². The lowest BCUT2D eigenvalue weighted by Crippen LogP contribution is -2.21. The van der Waals surface area contributed by atoms with Crippen molar-refractivity contribution in [3.63, 3.8) is 0 Å². The van der Waals surface area contributed by atoms with Gasteiger partial charge in [-0.1, -0.05) is 0 Å². The molecule has 0 heterocycles. The van der Waals surface area contributed by atoms with Gasteiger partial charge in [-0.05, 0) is 0 Å². The summed E-state index contributed by atoms with van der Waals surface area (Å²) in [5.74, 6) is 0. The van der Waals surface area contributed by atoms with Gasteiger partial charge in [0.25, 0.3) is 10.1 Å². The van der Waals surface area contributed by atoms with Crippen LogP contribution in [0.3, 0.4) is 0 Å². The van der Waals surface area contributed by atoms with Crippen LogP contribution in [-0.4, -0.2) is 44.2 Å². The van der Waals surface area contributed by atoms with Crippen LogP contribution in [0.5, 0.6) is 0 Å². The van der Waals surface area contributed by atoms with Crippen molar-refractivity contribution in [2.45, 2.75) is 6.10 Å². The Morgan fingerprint density at radius 2 is 2.10 bits per heavy atom. The molecule has 0 aromatic carbocycles. The monoisotopic (exact) mass is 170 g/mol. The summed E-state index contributed by atoms with van der Waals surface area (Å²) in [6.45, 7) is -0.898. The van der Waals surface area contributed by atoms with Gasteiger partial charge in [0, 0.05) is 0 Å². The van der Waals surface area contributed by atoms with E-state index >= 15 is 0 Å². The molecule has 0 aromatic heterocycles. The second-order valence-corrected chi connectivity index (χ2v) is 3.47. The minimum atomic E-state index is -3.50. The van der Waals surface area contributed by atoms with Crippen molar-refractivity contribution in [1.82, 2.24) is 0 Å².